The van der Waals surface area contributed by atoms with Crippen LogP contribution in [-0.2, 0) is 27.1 Å². The number of aliphatic hydroxyl groups excluding tert-OH is 4. The van der Waals surface area contributed by atoms with E-state index in [2.05, 4.69) is 12.6 Å². The monoisotopic (exact) mass is 416 g/mol. The molecule has 14 heavy (non-hydrogen) atoms. The second-order valence-electron chi connectivity index (χ2n) is 2.72. The van der Waals surface area contributed by atoms with Crippen LogP contribution in [0.15, 0.2) is 0 Å². The zero-order valence-electron chi connectivity index (χ0n) is 7.54. The Labute approximate surface area is 125 Å². The molecule has 8 heteroatoms. The van der Waals surface area contributed by atoms with E-state index in [0.29, 0.717) is 0 Å². The number of rotatable bonds is 1. The molecule has 0 bridgehead atoms. The van der Waals surface area contributed by atoms with Gasteiger partial charge in [0.2, 0.25) is 0 Å². The molecular formula is C6H12AuNaO5S+2. The molecule has 1 rings (SSSR count). The molecule has 0 saturated carbocycles. The predicted octanol–water partition coefficient (Wildman–Crippen LogP) is -5.28. The summed E-state index contributed by atoms with van der Waals surface area (Å²) in [5.41, 5.74) is -0.874. The van der Waals surface area contributed by atoms with Crippen LogP contribution >= 0.6 is 12.6 Å². The van der Waals surface area contributed by atoms with Gasteiger partial charge in [0.15, 0.2) is 0 Å². The van der Waals surface area contributed by atoms with E-state index in [1.807, 2.05) is 0 Å². The first kappa shape index (κ1) is 18.3. The van der Waals surface area contributed by atoms with Gasteiger partial charge in [-0.1, -0.05) is 0 Å². The molecule has 0 aromatic rings. The Hall–Kier alpha value is 1.89. The first-order valence-corrected chi connectivity index (χ1v) is 4.08. The molecule has 4 N–H and O–H groups in total. The minimum atomic E-state index is -1.32. The molecule has 1 aliphatic rings. The van der Waals surface area contributed by atoms with Crippen molar-refractivity contribution >= 4 is 12.6 Å². The summed E-state index contributed by atoms with van der Waals surface area (Å²) in [6.45, 7) is -0.415. The molecule has 0 spiro atoms. The van der Waals surface area contributed by atoms with Crippen LogP contribution in [0, 0.1) is 0 Å². The minimum Gasteiger partial charge on any atom is -0.394 e. The van der Waals surface area contributed by atoms with Gasteiger partial charge < -0.3 is 25.2 Å². The summed E-state index contributed by atoms with van der Waals surface area (Å²) in [7, 11) is 0. The number of aliphatic hydroxyl groups is 4. The number of hydrogen-bond acceptors (Lipinski definition) is 6. The molecule has 1 saturated heterocycles. The standard InChI is InChI=1S/C6H12O5S.Au.Na/c7-1-2-3(8)4(9)5(10)6(12)11-2;;/h2-10,12H,1H2;;/q;2*+1/t2-,3-,4+,5-,6-;;/m1../s1. The Kier molecular flexibility index (Phi) is 10.5. The normalized spacial score (nSPS) is 42.2. The summed E-state index contributed by atoms with van der Waals surface area (Å²) < 4.78 is 4.88. The van der Waals surface area contributed by atoms with Crippen molar-refractivity contribution in [2.75, 3.05) is 6.61 Å². The SMILES string of the molecule is OC[C@H]1O[C@H](S)[C@H](O)[C@@H](O)[C@@H]1O.[Au+].[Na+]. The molecular weight excluding hydrogens is 404 g/mol. The molecule has 1 heterocycles. The molecule has 0 unspecified atom stereocenters. The molecule has 0 radical (unpaired) electrons. The van der Waals surface area contributed by atoms with Crippen molar-refractivity contribution in [2.45, 2.75) is 29.9 Å². The molecule has 1 fully saturated rings. The van der Waals surface area contributed by atoms with Crippen LogP contribution in [0.25, 0.3) is 0 Å². The second kappa shape index (κ2) is 8.05. The van der Waals surface area contributed by atoms with Gasteiger partial charge in [0.05, 0.1) is 6.61 Å². The van der Waals surface area contributed by atoms with E-state index in [1.54, 1.807) is 0 Å². The topological polar surface area (TPSA) is 90.2 Å². The Morgan fingerprint density at radius 1 is 1.07 bits per heavy atom. The van der Waals surface area contributed by atoms with E-state index in [1.165, 1.54) is 0 Å². The van der Waals surface area contributed by atoms with E-state index in [4.69, 9.17) is 14.9 Å². The van der Waals surface area contributed by atoms with Crippen molar-refractivity contribution in [3.05, 3.63) is 0 Å². The van der Waals surface area contributed by atoms with E-state index in [9.17, 15) is 10.2 Å². The fourth-order valence-corrected chi connectivity index (χ4v) is 1.41. The van der Waals surface area contributed by atoms with Gasteiger partial charge in [0.1, 0.15) is 29.9 Å². The summed E-state index contributed by atoms with van der Waals surface area (Å²) in [4.78, 5) is 0. The second-order valence-corrected chi connectivity index (χ2v) is 3.23. The van der Waals surface area contributed by atoms with Gasteiger partial charge in [-0.2, -0.15) is 0 Å². The number of hydrogen-bond donors (Lipinski definition) is 5. The van der Waals surface area contributed by atoms with Crippen LogP contribution in [-0.4, -0.2) is 56.9 Å². The van der Waals surface area contributed by atoms with Crippen molar-refractivity contribution in [3.63, 3.8) is 0 Å². The zero-order valence-corrected chi connectivity index (χ0v) is 12.6. The summed E-state index contributed by atoms with van der Waals surface area (Å²) in [6, 6.07) is 0. The van der Waals surface area contributed by atoms with Crippen molar-refractivity contribution in [1.29, 1.82) is 0 Å². The third kappa shape index (κ3) is 4.04. The van der Waals surface area contributed by atoms with E-state index >= 15 is 0 Å². The number of thiol groups is 1. The van der Waals surface area contributed by atoms with Crippen LogP contribution in [0.2, 0.25) is 0 Å². The average Bonchev–Trinajstić information content (AvgIpc) is 2.08. The average molecular weight is 416 g/mol. The molecule has 0 aromatic heterocycles. The van der Waals surface area contributed by atoms with Gasteiger partial charge in [-0.25, -0.2) is 0 Å². The third-order valence-corrected chi connectivity index (χ3v) is 2.29. The van der Waals surface area contributed by atoms with E-state index in [0.717, 1.165) is 0 Å². The van der Waals surface area contributed by atoms with Crippen LogP contribution in [0.5, 0.6) is 0 Å². The largest absolute Gasteiger partial charge is 1.00 e. The van der Waals surface area contributed by atoms with Gasteiger partial charge >= 0.3 is 51.9 Å². The van der Waals surface area contributed by atoms with Crippen LogP contribution in [0.3, 0.4) is 0 Å². The maximum absolute atomic E-state index is 9.20. The van der Waals surface area contributed by atoms with Crippen LogP contribution < -0.4 is 29.6 Å². The summed E-state index contributed by atoms with van der Waals surface area (Å²) in [5.74, 6) is 0. The van der Waals surface area contributed by atoms with Gasteiger partial charge in [-0.05, 0) is 0 Å². The number of ether oxygens (including phenoxy) is 1. The fourth-order valence-electron chi connectivity index (χ4n) is 1.08. The van der Waals surface area contributed by atoms with Crippen LogP contribution in [0.4, 0.5) is 0 Å². The Bertz CT molecular complexity index is 160. The van der Waals surface area contributed by atoms with Crippen molar-refractivity contribution < 1.29 is 77.1 Å². The van der Waals surface area contributed by atoms with Gasteiger partial charge in [-0.3, -0.25) is 0 Å². The van der Waals surface area contributed by atoms with Crippen molar-refractivity contribution in [2.24, 2.45) is 0 Å². The predicted molar refractivity (Wildman–Crippen MR) is 42.8 cm³/mol. The molecule has 5 atom stereocenters. The third-order valence-electron chi connectivity index (χ3n) is 1.87. The molecule has 0 aliphatic carbocycles. The molecule has 82 valence electrons. The molecule has 0 amide bonds. The zero-order chi connectivity index (χ0) is 9.30. The minimum absolute atomic E-state index is 0. The Morgan fingerprint density at radius 3 is 2.00 bits per heavy atom. The maximum Gasteiger partial charge on any atom is 1.00 e. The van der Waals surface area contributed by atoms with Crippen molar-refractivity contribution in [3.8, 4) is 0 Å². The summed E-state index contributed by atoms with van der Waals surface area (Å²) in [5, 5.41) is 36.2. The van der Waals surface area contributed by atoms with Gasteiger partial charge in [0, 0.05) is 0 Å². The summed E-state index contributed by atoms with van der Waals surface area (Å²) >= 11 is 3.81. The quantitative estimate of drug-likeness (QED) is 0.218. The molecule has 0 aromatic carbocycles. The summed E-state index contributed by atoms with van der Waals surface area (Å²) in [6.07, 6.45) is -4.70. The Balaban J connectivity index is 0. The molecule has 1 aliphatic heterocycles. The fraction of sp³-hybridized carbons (Fsp3) is 1.00. The smallest absolute Gasteiger partial charge is 0.394 e. The Morgan fingerprint density at radius 2 is 1.57 bits per heavy atom. The first-order chi connectivity index (χ1) is 5.57. The molecule has 5 nitrogen and oxygen atoms in total. The van der Waals surface area contributed by atoms with Crippen LogP contribution in [0.1, 0.15) is 0 Å². The van der Waals surface area contributed by atoms with E-state index < -0.39 is 36.5 Å². The van der Waals surface area contributed by atoms with Gasteiger partial charge in [0.25, 0.3) is 0 Å². The van der Waals surface area contributed by atoms with Gasteiger partial charge in [-0.15, -0.1) is 12.6 Å². The van der Waals surface area contributed by atoms with E-state index in [-0.39, 0.29) is 51.9 Å². The first-order valence-electron chi connectivity index (χ1n) is 3.56. The maximum atomic E-state index is 9.20. The van der Waals surface area contributed by atoms with Crippen molar-refractivity contribution in [1.82, 2.24) is 0 Å².